The Hall–Kier alpha value is -0.570. The first-order valence-electron chi connectivity index (χ1n) is 5.57. The molecule has 3 nitrogen and oxygen atoms in total. The van der Waals surface area contributed by atoms with E-state index in [0.717, 1.165) is 30.5 Å². The van der Waals surface area contributed by atoms with E-state index in [2.05, 4.69) is 20.9 Å². The average molecular weight is 202 g/mol. The highest BCUT2D eigenvalue weighted by Crippen LogP contribution is 2.05. The van der Waals surface area contributed by atoms with Crippen LogP contribution in [0.2, 0.25) is 0 Å². The first-order chi connectivity index (χ1) is 6.58. The Morgan fingerprint density at radius 2 is 1.79 bits per heavy atom. The molecule has 0 saturated heterocycles. The van der Waals surface area contributed by atoms with Gasteiger partial charge in [-0.15, -0.1) is 0 Å². The van der Waals surface area contributed by atoms with Crippen molar-refractivity contribution >= 4 is 5.97 Å². The second kappa shape index (κ2) is 6.82. The number of carbonyl (C=O) groups is 1. The second-order valence-corrected chi connectivity index (χ2v) is 3.88. The molecule has 0 unspecified atom stereocenters. The first-order valence-corrected chi connectivity index (χ1v) is 5.57. The predicted octanol–water partition coefficient (Wildman–Crippen LogP) is 1.82. The number of ether oxygens (including phenoxy) is 1. The topological polar surface area (TPSA) is 26.3 Å². The fourth-order valence-corrected chi connectivity index (χ4v) is 1.38. The summed E-state index contributed by atoms with van der Waals surface area (Å²) in [5.74, 6) is -0.0637. The molecule has 0 amide bonds. The Morgan fingerprint density at radius 3 is 2.21 bits per heavy atom. The van der Waals surface area contributed by atoms with Crippen molar-refractivity contribution in [2.45, 2.75) is 33.6 Å². The molecular weight excluding hydrogens is 178 g/mol. The largest absolute Gasteiger partial charge is 0.466 e. The van der Waals surface area contributed by atoms with Crippen molar-refractivity contribution in [3.8, 4) is 0 Å². The standard InChI is InChI=1S/C11H24NO2/c1-5-12(4,6-2)10-8-9-11(13)14-7-3/h5-10H2,1-4H3/q+1. The Bertz CT molecular complexity index is 165. The Balaban J connectivity index is 3.66. The molecule has 0 heterocycles. The minimum absolute atomic E-state index is 0.0637. The Morgan fingerprint density at radius 1 is 1.21 bits per heavy atom. The van der Waals surface area contributed by atoms with E-state index in [1.165, 1.54) is 0 Å². The number of nitrogens with zero attached hydrogens (tertiary/aromatic N) is 1. The molecule has 0 aliphatic rings. The number of carbonyl (C=O) groups excluding carboxylic acids is 1. The van der Waals surface area contributed by atoms with Gasteiger partial charge in [-0.1, -0.05) is 0 Å². The molecule has 0 bridgehead atoms. The lowest BCUT2D eigenvalue weighted by Gasteiger charge is -2.31. The summed E-state index contributed by atoms with van der Waals surface area (Å²) >= 11 is 0. The van der Waals surface area contributed by atoms with Crippen molar-refractivity contribution in [1.29, 1.82) is 0 Å². The van der Waals surface area contributed by atoms with Crippen LogP contribution in [0.4, 0.5) is 0 Å². The maximum atomic E-state index is 11.1. The number of rotatable bonds is 7. The maximum absolute atomic E-state index is 11.1. The zero-order chi connectivity index (χ0) is 11.0. The summed E-state index contributed by atoms with van der Waals surface area (Å²) in [4.78, 5) is 11.1. The van der Waals surface area contributed by atoms with Crippen LogP contribution in [0.15, 0.2) is 0 Å². The van der Waals surface area contributed by atoms with Crippen LogP contribution in [-0.4, -0.2) is 43.7 Å². The first kappa shape index (κ1) is 13.4. The predicted molar refractivity (Wildman–Crippen MR) is 58.0 cm³/mol. The lowest BCUT2D eigenvalue weighted by Crippen LogP contribution is -2.44. The van der Waals surface area contributed by atoms with Gasteiger partial charge in [-0.25, -0.2) is 0 Å². The molecule has 0 atom stereocenters. The molecule has 0 aromatic carbocycles. The molecule has 14 heavy (non-hydrogen) atoms. The molecule has 0 spiro atoms. The fraction of sp³-hybridized carbons (Fsp3) is 0.909. The number of esters is 1. The third kappa shape index (κ3) is 5.22. The molecule has 0 aromatic rings. The van der Waals surface area contributed by atoms with Gasteiger partial charge in [0.2, 0.25) is 0 Å². The van der Waals surface area contributed by atoms with Gasteiger partial charge < -0.3 is 9.22 Å². The quantitative estimate of drug-likeness (QED) is 0.465. The van der Waals surface area contributed by atoms with Crippen LogP contribution in [-0.2, 0) is 9.53 Å². The summed E-state index contributed by atoms with van der Waals surface area (Å²) in [6.07, 6.45) is 1.48. The highest BCUT2D eigenvalue weighted by atomic mass is 16.5. The third-order valence-electron chi connectivity index (χ3n) is 2.91. The van der Waals surface area contributed by atoms with Crippen LogP contribution in [0, 0.1) is 0 Å². The van der Waals surface area contributed by atoms with E-state index in [9.17, 15) is 4.79 Å². The zero-order valence-electron chi connectivity index (χ0n) is 10.0. The molecular formula is C11H24NO2+. The van der Waals surface area contributed by atoms with Gasteiger partial charge in [-0.3, -0.25) is 4.79 Å². The van der Waals surface area contributed by atoms with Crippen molar-refractivity contribution in [3.63, 3.8) is 0 Å². The van der Waals surface area contributed by atoms with Gasteiger partial charge in [-0.05, 0) is 20.8 Å². The van der Waals surface area contributed by atoms with Crippen molar-refractivity contribution in [2.24, 2.45) is 0 Å². The van der Waals surface area contributed by atoms with Crippen LogP contribution in [0.1, 0.15) is 33.6 Å². The van der Waals surface area contributed by atoms with E-state index in [0.29, 0.717) is 13.0 Å². The van der Waals surface area contributed by atoms with E-state index < -0.39 is 0 Å². The van der Waals surface area contributed by atoms with Crippen LogP contribution in [0.25, 0.3) is 0 Å². The number of hydrogen-bond donors (Lipinski definition) is 0. The van der Waals surface area contributed by atoms with Gasteiger partial charge in [0, 0.05) is 6.42 Å². The maximum Gasteiger partial charge on any atom is 0.305 e. The molecule has 0 saturated carbocycles. The van der Waals surface area contributed by atoms with Crippen molar-refractivity contribution in [2.75, 3.05) is 33.3 Å². The van der Waals surface area contributed by atoms with E-state index in [-0.39, 0.29) is 5.97 Å². The van der Waals surface area contributed by atoms with Crippen LogP contribution >= 0.6 is 0 Å². The molecule has 0 rings (SSSR count). The van der Waals surface area contributed by atoms with E-state index in [1.54, 1.807) is 0 Å². The summed E-state index contributed by atoms with van der Waals surface area (Å²) in [7, 11) is 2.23. The molecule has 0 aromatic heterocycles. The van der Waals surface area contributed by atoms with E-state index >= 15 is 0 Å². The molecule has 0 fully saturated rings. The number of hydrogen-bond acceptors (Lipinski definition) is 2. The van der Waals surface area contributed by atoms with Gasteiger partial charge in [-0.2, -0.15) is 0 Å². The van der Waals surface area contributed by atoms with Gasteiger partial charge in [0.25, 0.3) is 0 Å². The molecule has 0 radical (unpaired) electrons. The van der Waals surface area contributed by atoms with Crippen LogP contribution in [0.5, 0.6) is 0 Å². The lowest BCUT2D eigenvalue weighted by atomic mass is 10.2. The summed E-state index contributed by atoms with van der Waals surface area (Å²) in [5, 5.41) is 0. The van der Waals surface area contributed by atoms with E-state index in [4.69, 9.17) is 4.74 Å². The fourth-order valence-electron chi connectivity index (χ4n) is 1.38. The molecule has 0 aliphatic carbocycles. The Kier molecular flexibility index (Phi) is 6.54. The third-order valence-corrected chi connectivity index (χ3v) is 2.91. The summed E-state index contributed by atoms with van der Waals surface area (Å²) < 4.78 is 5.92. The molecule has 0 N–H and O–H groups in total. The van der Waals surface area contributed by atoms with Gasteiger partial charge in [0.05, 0.1) is 39.7 Å². The molecule has 3 heteroatoms. The summed E-state index contributed by atoms with van der Waals surface area (Å²) in [6, 6.07) is 0. The summed E-state index contributed by atoms with van der Waals surface area (Å²) in [5.41, 5.74) is 0. The highest BCUT2D eigenvalue weighted by Gasteiger charge is 2.16. The number of quaternary nitrogens is 1. The van der Waals surface area contributed by atoms with Crippen LogP contribution in [0.3, 0.4) is 0 Å². The smallest absolute Gasteiger partial charge is 0.305 e. The Labute approximate surface area is 87.6 Å². The van der Waals surface area contributed by atoms with Crippen molar-refractivity contribution in [3.05, 3.63) is 0 Å². The van der Waals surface area contributed by atoms with Gasteiger partial charge in [0.15, 0.2) is 0 Å². The minimum atomic E-state index is -0.0637. The van der Waals surface area contributed by atoms with Crippen molar-refractivity contribution < 1.29 is 14.0 Å². The van der Waals surface area contributed by atoms with Gasteiger partial charge >= 0.3 is 5.97 Å². The van der Waals surface area contributed by atoms with Crippen molar-refractivity contribution in [1.82, 2.24) is 0 Å². The molecule has 0 aliphatic heterocycles. The highest BCUT2D eigenvalue weighted by molar-refractivity contribution is 5.69. The molecule has 84 valence electrons. The van der Waals surface area contributed by atoms with E-state index in [1.807, 2.05) is 6.92 Å². The summed E-state index contributed by atoms with van der Waals surface area (Å²) in [6.45, 7) is 10.0. The van der Waals surface area contributed by atoms with Crippen LogP contribution < -0.4 is 0 Å². The average Bonchev–Trinajstić information content (AvgIpc) is 2.18. The lowest BCUT2D eigenvalue weighted by molar-refractivity contribution is -0.906. The van der Waals surface area contributed by atoms with Gasteiger partial charge in [0.1, 0.15) is 0 Å². The second-order valence-electron chi connectivity index (χ2n) is 3.88. The zero-order valence-corrected chi connectivity index (χ0v) is 10.0. The monoisotopic (exact) mass is 202 g/mol. The minimum Gasteiger partial charge on any atom is -0.466 e. The SMILES string of the molecule is CCOC(=O)CCC[N+](C)(CC)CC. The normalized spacial score (nSPS) is 11.4.